The van der Waals surface area contributed by atoms with Crippen LogP contribution < -0.4 is 5.73 Å². The highest BCUT2D eigenvalue weighted by Crippen LogP contribution is 2.13. The summed E-state index contributed by atoms with van der Waals surface area (Å²) in [7, 11) is 0. The van der Waals surface area contributed by atoms with Gasteiger partial charge in [0.2, 0.25) is 5.91 Å². The Hall–Kier alpha value is -2.11. The van der Waals surface area contributed by atoms with Gasteiger partial charge in [0.05, 0.1) is 12.1 Å². The van der Waals surface area contributed by atoms with Crippen LogP contribution in [0.5, 0.6) is 0 Å². The van der Waals surface area contributed by atoms with Crippen LogP contribution in [0.2, 0.25) is 0 Å². The van der Waals surface area contributed by atoms with Crippen LogP contribution in [-0.4, -0.2) is 100 Å². The fourth-order valence-corrected chi connectivity index (χ4v) is 3.41. The molecule has 180 valence electrons. The summed E-state index contributed by atoms with van der Waals surface area (Å²) in [6.07, 6.45) is -3.10. The number of benzene rings is 1. The summed E-state index contributed by atoms with van der Waals surface area (Å²) >= 11 is 0. The maximum absolute atomic E-state index is 13.3. The van der Waals surface area contributed by atoms with Gasteiger partial charge in [0, 0.05) is 38.3 Å². The lowest BCUT2D eigenvalue weighted by Gasteiger charge is -2.34. The lowest BCUT2D eigenvalue weighted by atomic mass is 10.0. The molecule has 0 bridgehead atoms. The molecule has 0 aromatic heterocycles. The SMILES string of the molecule is CC(C)(N)C(=O)N1CCCCOC[C@@H](O)[C@H](O)[C@@H](O)CN(C(=O)c2ccc(F)cc2)CC1. The number of rotatable bonds is 2. The Morgan fingerprint density at radius 3 is 2.28 bits per heavy atom. The van der Waals surface area contributed by atoms with Gasteiger partial charge < -0.3 is 35.6 Å². The summed E-state index contributed by atoms with van der Waals surface area (Å²) in [6, 6.07) is 4.94. The molecule has 1 aliphatic heterocycles. The monoisotopic (exact) mass is 455 g/mol. The predicted octanol–water partition coefficient (Wildman–Crippen LogP) is -0.273. The first-order chi connectivity index (χ1) is 15.0. The molecule has 0 radical (unpaired) electrons. The molecule has 1 fully saturated rings. The number of carbonyl (C=O) groups excluding carboxylic acids is 2. The van der Waals surface area contributed by atoms with Gasteiger partial charge >= 0.3 is 0 Å². The molecule has 5 N–H and O–H groups in total. The minimum atomic E-state index is -1.54. The zero-order chi connectivity index (χ0) is 23.9. The van der Waals surface area contributed by atoms with Crippen LogP contribution in [0.1, 0.15) is 37.0 Å². The van der Waals surface area contributed by atoms with Crippen molar-refractivity contribution < 1.29 is 34.0 Å². The van der Waals surface area contributed by atoms with Crippen molar-refractivity contribution in [1.82, 2.24) is 9.80 Å². The van der Waals surface area contributed by atoms with E-state index in [9.17, 15) is 29.3 Å². The van der Waals surface area contributed by atoms with E-state index in [1.807, 2.05) is 0 Å². The molecule has 32 heavy (non-hydrogen) atoms. The van der Waals surface area contributed by atoms with Crippen LogP contribution in [-0.2, 0) is 9.53 Å². The van der Waals surface area contributed by atoms with Crippen molar-refractivity contribution in [3.63, 3.8) is 0 Å². The molecule has 0 spiro atoms. The van der Waals surface area contributed by atoms with Crippen molar-refractivity contribution in [3.05, 3.63) is 35.6 Å². The quantitative estimate of drug-likeness (QED) is 0.482. The van der Waals surface area contributed by atoms with E-state index in [-0.39, 0.29) is 37.7 Å². The molecule has 2 rings (SSSR count). The highest BCUT2D eigenvalue weighted by Gasteiger charge is 2.31. The van der Waals surface area contributed by atoms with Gasteiger partial charge in [-0.2, -0.15) is 0 Å². The second-order valence-corrected chi connectivity index (χ2v) is 8.68. The Kier molecular flexibility index (Phi) is 9.53. The lowest BCUT2D eigenvalue weighted by molar-refractivity contribution is -0.136. The van der Waals surface area contributed by atoms with E-state index >= 15 is 0 Å². The fraction of sp³-hybridized carbons (Fsp3) is 0.636. The number of nitrogens with two attached hydrogens (primary N) is 1. The molecule has 0 aliphatic carbocycles. The average molecular weight is 456 g/mol. The van der Waals surface area contributed by atoms with E-state index in [0.717, 1.165) is 12.1 Å². The number of ether oxygens (including phenoxy) is 1. The number of aliphatic hydroxyl groups excluding tert-OH is 3. The van der Waals surface area contributed by atoms with E-state index in [4.69, 9.17) is 10.5 Å². The van der Waals surface area contributed by atoms with E-state index < -0.39 is 35.6 Å². The molecule has 9 nitrogen and oxygen atoms in total. The van der Waals surface area contributed by atoms with Crippen LogP contribution >= 0.6 is 0 Å². The van der Waals surface area contributed by atoms with Gasteiger partial charge in [-0.05, 0) is 51.0 Å². The highest BCUT2D eigenvalue weighted by atomic mass is 19.1. The Morgan fingerprint density at radius 1 is 1.03 bits per heavy atom. The second kappa shape index (κ2) is 11.7. The van der Waals surface area contributed by atoms with E-state index in [1.165, 1.54) is 17.0 Å². The largest absolute Gasteiger partial charge is 0.388 e. The van der Waals surface area contributed by atoms with Crippen LogP contribution in [0.4, 0.5) is 4.39 Å². The number of nitrogens with zero attached hydrogens (tertiary/aromatic N) is 2. The normalized spacial score (nSPS) is 24.7. The molecule has 3 atom stereocenters. The molecule has 1 saturated heterocycles. The summed E-state index contributed by atoms with van der Waals surface area (Å²) in [5.41, 5.74) is 5.08. The lowest BCUT2D eigenvalue weighted by Crippen LogP contribution is -2.54. The number of halogens is 1. The molecule has 1 aromatic rings. The van der Waals surface area contributed by atoms with Gasteiger partial charge in [-0.25, -0.2) is 4.39 Å². The Labute approximate surface area is 187 Å². The predicted molar refractivity (Wildman–Crippen MR) is 115 cm³/mol. The minimum absolute atomic E-state index is 0.0500. The van der Waals surface area contributed by atoms with Gasteiger partial charge in [-0.3, -0.25) is 9.59 Å². The van der Waals surface area contributed by atoms with Crippen molar-refractivity contribution >= 4 is 11.8 Å². The minimum Gasteiger partial charge on any atom is -0.388 e. The Bertz CT molecular complexity index is 755. The first-order valence-corrected chi connectivity index (χ1v) is 10.8. The maximum Gasteiger partial charge on any atom is 0.254 e. The smallest absolute Gasteiger partial charge is 0.254 e. The van der Waals surface area contributed by atoms with E-state index in [1.54, 1.807) is 18.7 Å². The molecule has 10 heteroatoms. The summed E-state index contributed by atoms with van der Waals surface area (Å²) < 4.78 is 18.6. The van der Waals surface area contributed by atoms with Gasteiger partial charge in [0.25, 0.3) is 5.91 Å². The first kappa shape index (κ1) is 26.1. The van der Waals surface area contributed by atoms with Gasteiger partial charge in [0.15, 0.2) is 0 Å². The molecule has 0 saturated carbocycles. The number of hydrogen-bond donors (Lipinski definition) is 4. The summed E-state index contributed by atoms with van der Waals surface area (Å²) in [4.78, 5) is 28.7. The van der Waals surface area contributed by atoms with Gasteiger partial charge in [-0.15, -0.1) is 0 Å². The molecule has 0 unspecified atom stereocenters. The molecule has 1 aliphatic rings. The summed E-state index contributed by atoms with van der Waals surface area (Å²) in [6.45, 7) is 3.65. The van der Waals surface area contributed by atoms with Gasteiger partial charge in [0.1, 0.15) is 24.1 Å². The molecule has 1 heterocycles. The number of amides is 2. The number of aliphatic hydroxyl groups is 3. The maximum atomic E-state index is 13.3. The summed E-state index contributed by atoms with van der Waals surface area (Å²) in [5, 5.41) is 30.8. The number of β-amino-alcohol motifs (C(OH)–C–C–N with tert-alkyl or cyclic N) is 1. The van der Waals surface area contributed by atoms with Crippen molar-refractivity contribution in [3.8, 4) is 0 Å². The second-order valence-electron chi connectivity index (χ2n) is 8.68. The van der Waals surface area contributed by atoms with Crippen molar-refractivity contribution in [2.24, 2.45) is 5.73 Å². The van der Waals surface area contributed by atoms with Crippen LogP contribution in [0, 0.1) is 5.82 Å². The van der Waals surface area contributed by atoms with Crippen LogP contribution in [0.25, 0.3) is 0 Å². The van der Waals surface area contributed by atoms with Gasteiger partial charge in [-0.1, -0.05) is 0 Å². The zero-order valence-corrected chi connectivity index (χ0v) is 18.6. The number of hydrogen-bond acceptors (Lipinski definition) is 7. The van der Waals surface area contributed by atoms with Crippen LogP contribution in [0.3, 0.4) is 0 Å². The standard InChI is InChI=1S/C22H34FN3O6/c1-22(2,24)21(31)25-9-3-4-12-32-14-18(28)19(29)17(27)13-26(11-10-25)20(30)15-5-7-16(23)8-6-15/h5-8,17-19,27-29H,3-4,9-14,24H2,1-2H3/t17-,18+,19+/m0/s1. The van der Waals surface area contributed by atoms with Crippen molar-refractivity contribution in [2.45, 2.75) is 50.5 Å². The topological polar surface area (TPSA) is 137 Å². The highest BCUT2D eigenvalue weighted by molar-refractivity contribution is 5.94. The van der Waals surface area contributed by atoms with E-state index in [0.29, 0.717) is 26.0 Å². The third-order valence-electron chi connectivity index (χ3n) is 5.31. The average Bonchev–Trinajstić information content (AvgIpc) is 2.74. The molecule has 1 aromatic carbocycles. The fourth-order valence-electron chi connectivity index (χ4n) is 3.41. The zero-order valence-electron chi connectivity index (χ0n) is 18.6. The Morgan fingerprint density at radius 2 is 1.66 bits per heavy atom. The molecular formula is C22H34FN3O6. The third-order valence-corrected chi connectivity index (χ3v) is 5.31. The van der Waals surface area contributed by atoms with Crippen LogP contribution in [0.15, 0.2) is 24.3 Å². The third kappa shape index (κ3) is 7.49. The number of carbonyl (C=O) groups is 2. The summed E-state index contributed by atoms with van der Waals surface area (Å²) in [5.74, 6) is -1.28. The molecule has 2 amide bonds. The van der Waals surface area contributed by atoms with E-state index in [2.05, 4.69) is 0 Å². The van der Waals surface area contributed by atoms with Crippen molar-refractivity contribution in [1.29, 1.82) is 0 Å². The first-order valence-electron chi connectivity index (χ1n) is 10.8. The van der Waals surface area contributed by atoms with Crippen molar-refractivity contribution in [2.75, 3.05) is 39.4 Å². The Balaban J connectivity index is 2.27. The molecular weight excluding hydrogens is 421 g/mol.